The van der Waals surface area contributed by atoms with E-state index in [2.05, 4.69) is 0 Å². The summed E-state index contributed by atoms with van der Waals surface area (Å²) in [5.41, 5.74) is -2.02. The predicted octanol–water partition coefficient (Wildman–Crippen LogP) is -0.364. The fraction of sp³-hybridized carbons (Fsp3) is 0.412. The fourth-order valence-corrected chi connectivity index (χ4v) is 3.00. The topological polar surface area (TPSA) is 98.8 Å². The predicted molar refractivity (Wildman–Crippen MR) is 88.2 cm³/mol. The van der Waals surface area contributed by atoms with Gasteiger partial charge in [0.2, 0.25) is 11.8 Å². The number of rotatable bonds is 2. The Bertz CT molecular complexity index is 1130. The van der Waals surface area contributed by atoms with E-state index in [1.807, 2.05) is 5.32 Å². The average molecular weight is 368 g/mol. The van der Waals surface area contributed by atoms with Gasteiger partial charge in [-0.15, -0.1) is 0 Å². The number of carbonyl (C=O) groups excluding carboxylic acids is 4. The molecule has 0 bridgehead atoms. The molecule has 0 aliphatic carbocycles. The zero-order valence-electron chi connectivity index (χ0n) is 21.1. The smallest absolute Gasteiger partial charge is 0.262 e. The summed E-state index contributed by atoms with van der Waals surface area (Å²) >= 11 is 0. The average Bonchev–Trinajstić information content (AvgIpc) is 2.90. The molecule has 9 heteroatoms. The van der Waals surface area contributed by atoms with Gasteiger partial charge in [0.05, 0.1) is 22.3 Å². The van der Waals surface area contributed by atoms with Crippen molar-refractivity contribution in [2.75, 3.05) is 30.9 Å². The van der Waals surface area contributed by atoms with Gasteiger partial charge in [0.1, 0.15) is 11.9 Å². The Morgan fingerprint density at radius 3 is 2.38 bits per heavy atom. The largest absolute Gasteiger partial charge is 0.367 e. The molecule has 4 amide bonds. The summed E-state index contributed by atoms with van der Waals surface area (Å²) in [6, 6.07) is -0.211. The second kappa shape index (κ2) is 6.17. The van der Waals surface area contributed by atoms with Crippen LogP contribution in [0.5, 0.6) is 0 Å². The highest BCUT2D eigenvalue weighted by Crippen LogP contribution is 2.32. The molecule has 0 aromatic heterocycles. The van der Waals surface area contributed by atoms with Gasteiger partial charge in [-0.3, -0.25) is 29.4 Å². The van der Waals surface area contributed by atoms with Crippen molar-refractivity contribution in [1.82, 2.24) is 15.5 Å². The van der Waals surface area contributed by atoms with E-state index in [0.717, 1.165) is 0 Å². The second-order valence-electron chi connectivity index (χ2n) is 5.73. The maximum absolute atomic E-state index is 15.2. The molecule has 1 unspecified atom stereocenters. The Morgan fingerprint density at radius 2 is 1.73 bits per heavy atom. The van der Waals surface area contributed by atoms with E-state index in [1.54, 1.807) is 5.32 Å². The van der Waals surface area contributed by atoms with Crippen molar-refractivity contribution in [3.8, 4) is 0 Å². The van der Waals surface area contributed by atoms with Crippen molar-refractivity contribution >= 4 is 29.3 Å². The highest BCUT2D eigenvalue weighted by molar-refractivity contribution is 6.23. The monoisotopic (exact) mass is 368 g/mol. The number of anilines is 1. The molecule has 136 valence electrons. The number of amides is 4. The lowest BCUT2D eigenvalue weighted by molar-refractivity contribution is -0.136. The Morgan fingerprint density at radius 1 is 1.08 bits per heavy atom. The van der Waals surface area contributed by atoms with Crippen molar-refractivity contribution in [3.05, 3.63) is 29.1 Å². The molecule has 0 radical (unpaired) electrons. The Kier molecular flexibility index (Phi) is 2.32. The quantitative estimate of drug-likeness (QED) is 0.692. The van der Waals surface area contributed by atoms with Crippen LogP contribution in [0.15, 0.2) is 12.1 Å². The molecular weight excluding hydrogens is 343 g/mol. The molecule has 1 aromatic rings. The second-order valence-corrected chi connectivity index (χ2v) is 5.73. The number of hydrogen-bond donors (Lipinski definition) is 2. The maximum Gasteiger partial charge on any atom is 0.262 e. The van der Waals surface area contributed by atoms with E-state index in [9.17, 15) is 19.2 Å². The molecule has 3 aliphatic heterocycles. The van der Waals surface area contributed by atoms with E-state index < -0.39 is 78.3 Å². The third-order valence-electron chi connectivity index (χ3n) is 4.21. The lowest BCUT2D eigenvalue weighted by Crippen LogP contribution is -2.54. The molecule has 1 atom stereocenters. The maximum atomic E-state index is 15.2. The summed E-state index contributed by atoms with van der Waals surface area (Å²) in [6.45, 7) is -13.2. The summed E-state index contributed by atoms with van der Waals surface area (Å²) < 4.78 is 79.0. The molecule has 3 heterocycles. The van der Waals surface area contributed by atoms with Crippen molar-refractivity contribution < 1.29 is 34.5 Å². The third-order valence-corrected chi connectivity index (χ3v) is 4.21. The third kappa shape index (κ3) is 2.55. The Balaban J connectivity index is 1.83. The Labute approximate surface area is 159 Å². The van der Waals surface area contributed by atoms with Gasteiger partial charge >= 0.3 is 0 Å². The van der Waals surface area contributed by atoms with Crippen LogP contribution in [0.3, 0.4) is 0 Å². The minimum atomic E-state index is -3.37. The van der Waals surface area contributed by atoms with Crippen molar-refractivity contribution in [3.63, 3.8) is 0 Å². The normalized spacial score (nSPS) is 35.7. The fourth-order valence-electron chi connectivity index (χ4n) is 3.00. The summed E-state index contributed by atoms with van der Waals surface area (Å²) in [4.78, 5) is 49.8. The SMILES string of the molecule is [2H]C1([2H])NC([2H])([2H])C([2H])([2H])N(c2cc3c(cc2F)C(=O)N(C2CCC(=O)NC2=O)C3=O)C1([2H])[2H]. The molecule has 0 saturated carbocycles. The molecule has 1 aromatic carbocycles. The molecule has 3 aliphatic rings. The molecular formula is C17H17FN4O4. The van der Waals surface area contributed by atoms with Crippen molar-refractivity contribution in [1.29, 1.82) is 0 Å². The summed E-state index contributed by atoms with van der Waals surface area (Å²) in [7, 11) is 0. The van der Waals surface area contributed by atoms with Crippen molar-refractivity contribution in [2.45, 2.75) is 18.9 Å². The number of piperazine rings is 1. The minimum Gasteiger partial charge on any atom is -0.367 e. The van der Waals surface area contributed by atoms with Gasteiger partial charge in [0.15, 0.2) is 0 Å². The van der Waals surface area contributed by atoms with Crippen LogP contribution in [0.1, 0.15) is 44.5 Å². The summed E-state index contributed by atoms with van der Waals surface area (Å²) in [5.74, 6) is -5.08. The van der Waals surface area contributed by atoms with E-state index in [-0.39, 0.29) is 17.7 Å². The number of carbonyl (C=O) groups is 4. The van der Waals surface area contributed by atoms with Gasteiger partial charge < -0.3 is 10.2 Å². The van der Waals surface area contributed by atoms with E-state index in [1.165, 1.54) is 0 Å². The van der Waals surface area contributed by atoms with E-state index in [0.29, 0.717) is 17.0 Å². The van der Waals surface area contributed by atoms with Gasteiger partial charge in [0, 0.05) is 37.9 Å². The lowest BCUT2D eigenvalue weighted by Gasteiger charge is -2.30. The van der Waals surface area contributed by atoms with Gasteiger partial charge in [-0.25, -0.2) is 4.39 Å². The number of hydrogen-bond acceptors (Lipinski definition) is 6. The first-order valence-corrected chi connectivity index (χ1v) is 7.59. The number of halogens is 1. The number of benzene rings is 1. The standard InChI is InChI=1S/C17H17FN4O4/c18-11-7-9-10(8-13(11)21-5-3-19-4-6-21)17(26)22(16(9)25)12-1-2-14(23)20-15(12)24/h7-8,12,19H,1-6H2,(H,20,23,24)/i3D2,4D2,5D2,6D2. The highest BCUT2D eigenvalue weighted by atomic mass is 19.1. The first kappa shape index (κ1) is 9.77. The Hall–Kier alpha value is -2.81. The van der Waals surface area contributed by atoms with Gasteiger partial charge in [0.25, 0.3) is 11.8 Å². The first-order valence-electron chi connectivity index (χ1n) is 11.6. The highest BCUT2D eigenvalue weighted by Gasteiger charge is 2.45. The van der Waals surface area contributed by atoms with Gasteiger partial charge in [-0.2, -0.15) is 0 Å². The van der Waals surface area contributed by atoms with Crippen LogP contribution in [0.25, 0.3) is 0 Å². The van der Waals surface area contributed by atoms with Gasteiger partial charge in [-0.1, -0.05) is 0 Å². The summed E-state index contributed by atoms with van der Waals surface area (Å²) in [5, 5.41) is 3.60. The molecule has 4 rings (SSSR count). The van der Waals surface area contributed by atoms with Crippen LogP contribution in [-0.4, -0.2) is 60.6 Å². The molecule has 2 fully saturated rings. The van der Waals surface area contributed by atoms with Crippen LogP contribution in [0.4, 0.5) is 10.1 Å². The molecule has 0 spiro atoms. The minimum absolute atomic E-state index is 0.0848. The van der Waals surface area contributed by atoms with E-state index >= 15 is 4.39 Å². The number of piperidine rings is 1. The number of nitrogens with one attached hydrogen (secondary N) is 2. The number of nitrogens with zero attached hydrogens (tertiary/aromatic N) is 2. The zero-order chi connectivity index (χ0) is 25.6. The lowest BCUT2D eigenvalue weighted by atomic mass is 10.0. The van der Waals surface area contributed by atoms with Crippen LogP contribution in [-0.2, 0) is 9.59 Å². The van der Waals surface area contributed by atoms with Crippen LogP contribution < -0.4 is 15.5 Å². The molecule has 2 N–H and O–H groups in total. The van der Waals surface area contributed by atoms with Crippen LogP contribution >= 0.6 is 0 Å². The van der Waals surface area contributed by atoms with Gasteiger partial charge in [-0.05, 0) is 18.6 Å². The summed E-state index contributed by atoms with van der Waals surface area (Å²) in [6.07, 6.45) is -0.330. The number of fused-ring (bicyclic) bond motifs is 1. The first-order chi connectivity index (χ1) is 15.4. The van der Waals surface area contributed by atoms with Crippen molar-refractivity contribution in [2.24, 2.45) is 0 Å². The molecule has 2 saturated heterocycles. The van der Waals surface area contributed by atoms with Crippen LogP contribution in [0.2, 0.25) is 0 Å². The zero-order valence-corrected chi connectivity index (χ0v) is 13.1. The van der Waals surface area contributed by atoms with Crippen LogP contribution in [0, 0.1) is 5.82 Å². The molecule has 26 heavy (non-hydrogen) atoms. The number of imide groups is 2. The molecule has 8 nitrogen and oxygen atoms in total. The van der Waals surface area contributed by atoms with E-state index in [4.69, 9.17) is 11.0 Å².